The van der Waals surface area contributed by atoms with Gasteiger partial charge in [-0.15, -0.1) is 0 Å². The molecule has 0 fully saturated rings. The topological polar surface area (TPSA) is 15.6 Å². The molecule has 0 amide bonds. The molecule has 2 aromatic carbocycles. The van der Waals surface area contributed by atoms with Gasteiger partial charge in [-0.2, -0.15) is 0 Å². The summed E-state index contributed by atoms with van der Waals surface area (Å²) in [5, 5.41) is 0.734. The van der Waals surface area contributed by atoms with Crippen molar-refractivity contribution in [1.29, 1.82) is 0 Å². The number of rotatable bonds is 2. The minimum absolute atomic E-state index is 0.734. The minimum atomic E-state index is 0.734. The highest BCUT2D eigenvalue weighted by Gasteiger charge is 2.06. The predicted octanol–water partition coefficient (Wildman–Crippen LogP) is 4.29. The Morgan fingerprint density at radius 3 is 2.32 bits per heavy atom. The van der Waals surface area contributed by atoms with E-state index in [1.807, 2.05) is 55.4 Å². The summed E-state index contributed by atoms with van der Waals surface area (Å²) in [6.45, 7) is 2.07. The number of amidine groups is 1. The van der Waals surface area contributed by atoms with Crippen molar-refractivity contribution in [3.05, 3.63) is 64.7 Å². The predicted molar refractivity (Wildman–Crippen MR) is 82.5 cm³/mol. The summed E-state index contributed by atoms with van der Waals surface area (Å²) in [6.07, 6.45) is 0. The second kappa shape index (κ2) is 5.89. The Labute approximate surface area is 119 Å². The van der Waals surface area contributed by atoms with Crippen LogP contribution < -0.4 is 0 Å². The molecule has 0 saturated heterocycles. The van der Waals surface area contributed by atoms with Crippen molar-refractivity contribution in [3.63, 3.8) is 0 Å². The summed E-state index contributed by atoms with van der Waals surface area (Å²) in [5.41, 5.74) is 3.21. The van der Waals surface area contributed by atoms with Crippen LogP contribution in [0.2, 0.25) is 5.02 Å². The Bertz CT molecular complexity index is 586. The number of hydrogen-bond acceptors (Lipinski definition) is 1. The maximum absolute atomic E-state index is 5.92. The van der Waals surface area contributed by atoms with E-state index < -0.39 is 0 Å². The van der Waals surface area contributed by atoms with Gasteiger partial charge in [0.2, 0.25) is 0 Å². The molecule has 19 heavy (non-hydrogen) atoms. The van der Waals surface area contributed by atoms with E-state index in [9.17, 15) is 0 Å². The van der Waals surface area contributed by atoms with Gasteiger partial charge in [-0.1, -0.05) is 23.7 Å². The lowest BCUT2D eigenvalue weighted by Gasteiger charge is -2.16. The first-order valence-electron chi connectivity index (χ1n) is 6.15. The van der Waals surface area contributed by atoms with Crippen LogP contribution in [0.1, 0.15) is 11.1 Å². The zero-order chi connectivity index (χ0) is 13.8. The zero-order valence-electron chi connectivity index (χ0n) is 11.4. The molecule has 0 bridgehead atoms. The van der Waals surface area contributed by atoms with Gasteiger partial charge in [0, 0.05) is 24.7 Å². The monoisotopic (exact) mass is 272 g/mol. The highest BCUT2D eigenvalue weighted by Crippen LogP contribution is 2.17. The quantitative estimate of drug-likeness (QED) is 0.588. The first-order chi connectivity index (χ1) is 9.06. The minimum Gasteiger partial charge on any atom is -0.362 e. The Hall–Kier alpha value is -1.80. The van der Waals surface area contributed by atoms with Gasteiger partial charge in [-0.05, 0) is 48.9 Å². The van der Waals surface area contributed by atoms with Crippen molar-refractivity contribution in [3.8, 4) is 0 Å². The number of halogens is 1. The molecule has 98 valence electrons. The third kappa shape index (κ3) is 3.58. The van der Waals surface area contributed by atoms with Crippen LogP contribution in [0.15, 0.2) is 53.5 Å². The molecule has 0 heterocycles. The van der Waals surface area contributed by atoms with E-state index >= 15 is 0 Å². The van der Waals surface area contributed by atoms with Crippen molar-refractivity contribution in [1.82, 2.24) is 4.90 Å². The van der Waals surface area contributed by atoms with Crippen molar-refractivity contribution >= 4 is 23.1 Å². The molecule has 3 heteroatoms. The molecular formula is C16H17ClN2. The van der Waals surface area contributed by atoms with Crippen LogP contribution in [0.25, 0.3) is 0 Å². The van der Waals surface area contributed by atoms with Crippen LogP contribution in [-0.4, -0.2) is 24.8 Å². The molecule has 2 nitrogen and oxygen atoms in total. The SMILES string of the molecule is Cc1cccc(N=C(c2ccc(Cl)cc2)N(C)C)c1. The number of hydrogen-bond donors (Lipinski definition) is 0. The Balaban J connectivity index is 2.43. The molecule has 0 atom stereocenters. The third-order valence-electron chi connectivity index (χ3n) is 2.76. The normalized spacial score (nSPS) is 11.5. The fourth-order valence-electron chi connectivity index (χ4n) is 1.84. The van der Waals surface area contributed by atoms with Crippen LogP contribution in [0.3, 0.4) is 0 Å². The fraction of sp³-hybridized carbons (Fsp3) is 0.188. The molecule has 0 spiro atoms. The van der Waals surface area contributed by atoms with Crippen LogP contribution in [0.5, 0.6) is 0 Å². The fourth-order valence-corrected chi connectivity index (χ4v) is 1.97. The zero-order valence-corrected chi connectivity index (χ0v) is 12.1. The van der Waals surface area contributed by atoms with Gasteiger partial charge >= 0.3 is 0 Å². The Morgan fingerprint density at radius 1 is 1.05 bits per heavy atom. The number of aryl methyl sites for hydroxylation is 1. The molecular weight excluding hydrogens is 256 g/mol. The summed E-state index contributed by atoms with van der Waals surface area (Å²) in [7, 11) is 3.98. The first-order valence-corrected chi connectivity index (χ1v) is 6.52. The van der Waals surface area contributed by atoms with E-state index in [1.165, 1.54) is 5.56 Å². The molecule has 2 rings (SSSR count). The molecule has 0 aliphatic rings. The van der Waals surface area contributed by atoms with Crippen LogP contribution >= 0.6 is 11.6 Å². The van der Waals surface area contributed by atoms with E-state index in [-0.39, 0.29) is 0 Å². The van der Waals surface area contributed by atoms with Gasteiger partial charge in [0.15, 0.2) is 0 Å². The number of aliphatic imine (C=N–C) groups is 1. The summed E-state index contributed by atoms with van der Waals surface area (Å²) in [4.78, 5) is 6.72. The molecule has 0 aliphatic heterocycles. The molecule has 0 N–H and O–H groups in total. The lowest BCUT2D eigenvalue weighted by molar-refractivity contribution is 0.624. The average Bonchev–Trinajstić information content (AvgIpc) is 2.37. The lowest BCUT2D eigenvalue weighted by Crippen LogP contribution is -2.22. The van der Waals surface area contributed by atoms with Crippen molar-refractivity contribution in [2.45, 2.75) is 6.92 Å². The Morgan fingerprint density at radius 2 is 1.74 bits per heavy atom. The lowest BCUT2D eigenvalue weighted by atomic mass is 10.2. The molecule has 0 aliphatic carbocycles. The van der Waals surface area contributed by atoms with Gasteiger partial charge in [0.1, 0.15) is 5.84 Å². The number of nitrogens with zero attached hydrogens (tertiary/aromatic N) is 2. The summed E-state index contributed by atoms with van der Waals surface area (Å²) in [5.74, 6) is 0.919. The van der Waals surface area contributed by atoms with Crippen molar-refractivity contribution in [2.24, 2.45) is 4.99 Å². The molecule has 0 radical (unpaired) electrons. The largest absolute Gasteiger partial charge is 0.362 e. The van der Waals surface area contributed by atoms with E-state index in [0.717, 1.165) is 22.1 Å². The van der Waals surface area contributed by atoms with Crippen LogP contribution in [0, 0.1) is 6.92 Å². The maximum atomic E-state index is 5.92. The average molecular weight is 273 g/mol. The van der Waals surface area contributed by atoms with Gasteiger partial charge in [0.05, 0.1) is 5.69 Å². The number of benzene rings is 2. The molecule has 0 unspecified atom stereocenters. The second-order valence-corrected chi connectivity index (χ2v) is 5.11. The van der Waals surface area contributed by atoms with Crippen molar-refractivity contribution < 1.29 is 0 Å². The van der Waals surface area contributed by atoms with Gasteiger partial charge in [-0.25, -0.2) is 4.99 Å². The molecule has 0 saturated carbocycles. The second-order valence-electron chi connectivity index (χ2n) is 4.68. The highest BCUT2D eigenvalue weighted by atomic mass is 35.5. The van der Waals surface area contributed by atoms with Crippen LogP contribution in [-0.2, 0) is 0 Å². The van der Waals surface area contributed by atoms with Gasteiger partial charge < -0.3 is 4.90 Å². The summed E-state index contributed by atoms with van der Waals surface area (Å²) >= 11 is 5.92. The highest BCUT2D eigenvalue weighted by molar-refractivity contribution is 6.30. The van der Waals surface area contributed by atoms with Gasteiger partial charge in [0.25, 0.3) is 0 Å². The molecule has 0 aromatic heterocycles. The van der Waals surface area contributed by atoms with E-state index in [1.54, 1.807) is 0 Å². The Kier molecular flexibility index (Phi) is 4.23. The smallest absolute Gasteiger partial charge is 0.136 e. The maximum Gasteiger partial charge on any atom is 0.136 e. The molecule has 2 aromatic rings. The van der Waals surface area contributed by atoms with Crippen molar-refractivity contribution in [2.75, 3.05) is 14.1 Å². The van der Waals surface area contributed by atoms with Gasteiger partial charge in [-0.3, -0.25) is 0 Å². The standard InChI is InChI=1S/C16H17ClN2/c1-12-5-4-6-15(11-12)18-16(19(2)3)13-7-9-14(17)10-8-13/h4-11H,1-3H3. The summed E-state index contributed by atoms with van der Waals surface area (Å²) < 4.78 is 0. The third-order valence-corrected chi connectivity index (χ3v) is 3.01. The van der Waals surface area contributed by atoms with E-state index in [4.69, 9.17) is 16.6 Å². The summed E-state index contributed by atoms with van der Waals surface area (Å²) in [6, 6.07) is 15.9. The first kappa shape index (κ1) is 13.6. The van der Waals surface area contributed by atoms with E-state index in [2.05, 4.69) is 19.1 Å². The van der Waals surface area contributed by atoms with E-state index in [0.29, 0.717) is 0 Å². The van der Waals surface area contributed by atoms with Crippen LogP contribution in [0.4, 0.5) is 5.69 Å².